The summed E-state index contributed by atoms with van der Waals surface area (Å²) in [7, 11) is 0. The summed E-state index contributed by atoms with van der Waals surface area (Å²) >= 11 is 7.60. The Balaban J connectivity index is 1.95. The van der Waals surface area contributed by atoms with Crippen LogP contribution in [0.3, 0.4) is 0 Å². The number of benzene rings is 2. The van der Waals surface area contributed by atoms with E-state index in [0.717, 1.165) is 36.0 Å². The molecule has 27 heavy (non-hydrogen) atoms. The van der Waals surface area contributed by atoms with Crippen LogP contribution in [0.2, 0.25) is 5.02 Å². The molecule has 0 bridgehead atoms. The number of halogens is 1. The van der Waals surface area contributed by atoms with Crippen molar-refractivity contribution in [1.29, 1.82) is 0 Å². The molecule has 0 spiro atoms. The zero-order valence-corrected chi connectivity index (χ0v) is 17.1. The van der Waals surface area contributed by atoms with Crippen molar-refractivity contribution >= 4 is 39.1 Å². The summed E-state index contributed by atoms with van der Waals surface area (Å²) in [5.41, 5.74) is 1.58. The fourth-order valence-electron chi connectivity index (χ4n) is 2.78. The first-order valence-electron chi connectivity index (χ1n) is 9.23. The Bertz CT molecular complexity index is 1010. The number of carbonyl (C=O) groups excluding carboxylic acids is 1. The molecule has 1 amide bonds. The third kappa shape index (κ3) is 4.79. The molecular weight excluding hydrogens is 380 g/mol. The van der Waals surface area contributed by atoms with E-state index >= 15 is 0 Å². The lowest BCUT2D eigenvalue weighted by Crippen LogP contribution is -2.16. The van der Waals surface area contributed by atoms with Gasteiger partial charge < -0.3 is 9.30 Å². The van der Waals surface area contributed by atoms with Gasteiger partial charge in [-0.3, -0.25) is 4.79 Å². The van der Waals surface area contributed by atoms with Crippen LogP contribution in [0.25, 0.3) is 10.2 Å². The number of nitrogens with zero attached hydrogens (tertiary/aromatic N) is 2. The van der Waals surface area contributed by atoms with Gasteiger partial charge in [-0.05, 0) is 49.2 Å². The molecule has 0 atom stereocenters. The quantitative estimate of drug-likeness (QED) is 0.476. The van der Waals surface area contributed by atoms with Crippen LogP contribution in [0, 0.1) is 0 Å². The number of thiazole rings is 1. The average molecular weight is 403 g/mol. The highest BCUT2D eigenvalue weighted by molar-refractivity contribution is 7.16. The summed E-state index contributed by atoms with van der Waals surface area (Å²) in [6.45, 7) is 5.67. The third-order valence-electron chi connectivity index (χ3n) is 4.14. The molecule has 1 heterocycles. The van der Waals surface area contributed by atoms with Gasteiger partial charge in [0.2, 0.25) is 0 Å². The summed E-state index contributed by atoms with van der Waals surface area (Å²) in [5.74, 6) is 0.438. The van der Waals surface area contributed by atoms with E-state index < -0.39 is 0 Å². The van der Waals surface area contributed by atoms with Gasteiger partial charge in [-0.25, -0.2) is 0 Å². The number of rotatable bonds is 7. The van der Waals surface area contributed by atoms with Gasteiger partial charge in [0.25, 0.3) is 5.91 Å². The number of ether oxygens (including phenoxy) is 1. The van der Waals surface area contributed by atoms with Gasteiger partial charge in [-0.2, -0.15) is 4.99 Å². The Morgan fingerprint density at radius 2 is 2.04 bits per heavy atom. The van der Waals surface area contributed by atoms with Crippen molar-refractivity contribution in [2.45, 2.75) is 39.7 Å². The predicted octanol–water partition coefficient (Wildman–Crippen LogP) is 5.69. The highest BCUT2D eigenvalue weighted by atomic mass is 35.5. The molecule has 3 rings (SSSR count). The van der Waals surface area contributed by atoms with Crippen molar-refractivity contribution in [2.24, 2.45) is 4.99 Å². The Labute approximate surface area is 168 Å². The Kier molecular flexibility index (Phi) is 6.69. The summed E-state index contributed by atoms with van der Waals surface area (Å²) in [4.78, 5) is 17.8. The van der Waals surface area contributed by atoms with Gasteiger partial charge in [-0.1, -0.05) is 49.3 Å². The topological polar surface area (TPSA) is 43.6 Å². The molecule has 142 valence electrons. The second kappa shape index (κ2) is 9.20. The minimum Gasteiger partial charge on any atom is -0.494 e. The highest BCUT2D eigenvalue weighted by Crippen LogP contribution is 2.22. The van der Waals surface area contributed by atoms with Crippen molar-refractivity contribution in [2.75, 3.05) is 6.61 Å². The van der Waals surface area contributed by atoms with Crippen LogP contribution in [0.15, 0.2) is 47.5 Å². The van der Waals surface area contributed by atoms with Gasteiger partial charge >= 0.3 is 0 Å². The predicted molar refractivity (Wildman–Crippen MR) is 112 cm³/mol. The molecule has 0 radical (unpaired) electrons. The molecule has 4 nitrogen and oxygen atoms in total. The van der Waals surface area contributed by atoms with Gasteiger partial charge in [0, 0.05) is 17.1 Å². The van der Waals surface area contributed by atoms with Gasteiger partial charge in [0.1, 0.15) is 5.75 Å². The monoisotopic (exact) mass is 402 g/mol. The van der Waals surface area contributed by atoms with Crippen molar-refractivity contribution in [3.63, 3.8) is 0 Å². The number of hydrogen-bond acceptors (Lipinski definition) is 3. The van der Waals surface area contributed by atoms with Gasteiger partial charge in [-0.15, -0.1) is 0 Å². The normalized spacial score (nSPS) is 11.9. The first-order valence-corrected chi connectivity index (χ1v) is 10.4. The lowest BCUT2D eigenvalue weighted by molar-refractivity contribution is 0.0997. The third-order valence-corrected chi connectivity index (χ3v) is 5.41. The maximum atomic E-state index is 12.7. The fourth-order valence-corrected chi connectivity index (χ4v) is 4.11. The summed E-state index contributed by atoms with van der Waals surface area (Å²) in [5, 5.41) is 0.683. The average Bonchev–Trinajstić information content (AvgIpc) is 2.99. The summed E-state index contributed by atoms with van der Waals surface area (Å²) < 4.78 is 8.81. The SMILES string of the molecule is CCCCOc1cccc(C(=O)N=c2sc3cc(Cl)ccc3n2CCC)c1. The molecule has 0 aliphatic heterocycles. The minimum absolute atomic E-state index is 0.265. The molecule has 2 aromatic carbocycles. The van der Waals surface area contributed by atoms with E-state index in [1.165, 1.54) is 11.3 Å². The maximum Gasteiger partial charge on any atom is 0.279 e. The van der Waals surface area contributed by atoms with Crippen molar-refractivity contribution in [3.8, 4) is 5.75 Å². The number of amides is 1. The lowest BCUT2D eigenvalue weighted by atomic mass is 10.2. The Hall–Kier alpha value is -2.11. The number of hydrogen-bond donors (Lipinski definition) is 0. The standard InChI is InChI=1S/C21H23ClN2O2S/c1-3-5-12-26-17-8-6-7-15(13-17)20(25)23-21-24(11-4-2)18-10-9-16(22)14-19(18)27-21/h6-10,13-14H,3-5,11-12H2,1-2H3. The van der Waals surface area contributed by atoms with Crippen LogP contribution in [-0.2, 0) is 6.54 Å². The number of carbonyl (C=O) groups is 1. The molecule has 0 aliphatic rings. The highest BCUT2D eigenvalue weighted by Gasteiger charge is 2.10. The Morgan fingerprint density at radius 1 is 1.19 bits per heavy atom. The molecule has 0 fully saturated rings. The molecule has 0 saturated carbocycles. The summed E-state index contributed by atoms with van der Waals surface area (Å²) in [6.07, 6.45) is 3.02. The summed E-state index contributed by atoms with van der Waals surface area (Å²) in [6, 6.07) is 13.0. The maximum absolute atomic E-state index is 12.7. The first-order chi connectivity index (χ1) is 13.1. The van der Waals surface area contributed by atoms with E-state index in [-0.39, 0.29) is 5.91 Å². The van der Waals surface area contributed by atoms with E-state index in [2.05, 4.69) is 23.4 Å². The number of aromatic nitrogens is 1. The van der Waals surface area contributed by atoms with Gasteiger partial charge in [0.15, 0.2) is 4.80 Å². The first kappa shape index (κ1) is 19.6. The van der Waals surface area contributed by atoms with Crippen molar-refractivity contribution in [1.82, 2.24) is 4.57 Å². The van der Waals surface area contributed by atoms with E-state index in [0.29, 0.717) is 27.7 Å². The molecule has 6 heteroatoms. The smallest absolute Gasteiger partial charge is 0.279 e. The molecular formula is C21H23ClN2O2S. The van der Waals surface area contributed by atoms with E-state index in [1.54, 1.807) is 12.1 Å². The van der Waals surface area contributed by atoms with Crippen LogP contribution in [0.4, 0.5) is 0 Å². The molecule has 3 aromatic rings. The Morgan fingerprint density at radius 3 is 2.81 bits per heavy atom. The molecule has 0 N–H and O–H groups in total. The minimum atomic E-state index is -0.265. The molecule has 0 unspecified atom stereocenters. The van der Waals surface area contributed by atoms with E-state index in [9.17, 15) is 4.79 Å². The van der Waals surface area contributed by atoms with E-state index in [1.807, 2.05) is 30.3 Å². The molecule has 0 saturated heterocycles. The van der Waals surface area contributed by atoms with Crippen LogP contribution >= 0.6 is 22.9 Å². The zero-order chi connectivity index (χ0) is 19.2. The van der Waals surface area contributed by atoms with Crippen molar-refractivity contribution < 1.29 is 9.53 Å². The number of unbranched alkanes of at least 4 members (excludes halogenated alkanes) is 1. The second-order valence-corrected chi connectivity index (χ2v) is 7.74. The number of aryl methyl sites for hydroxylation is 1. The van der Waals surface area contributed by atoms with Crippen LogP contribution in [0.1, 0.15) is 43.5 Å². The lowest BCUT2D eigenvalue weighted by Gasteiger charge is -2.06. The fraction of sp³-hybridized carbons (Fsp3) is 0.333. The van der Waals surface area contributed by atoms with Crippen molar-refractivity contribution in [3.05, 3.63) is 57.9 Å². The molecule has 1 aromatic heterocycles. The number of fused-ring (bicyclic) bond motifs is 1. The van der Waals surface area contributed by atoms with E-state index in [4.69, 9.17) is 16.3 Å². The van der Waals surface area contributed by atoms with Gasteiger partial charge in [0.05, 0.1) is 16.8 Å². The van der Waals surface area contributed by atoms with Crippen LogP contribution < -0.4 is 9.54 Å². The largest absolute Gasteiger partial charge is 0.494 e. The second-order valence-electron chi connectivity index (χ2n) is 6.30. The van der Waals surface area contributed by atoms with Crippen LogP contribution in [-0.4, -0.2) is 17.1 Å². The molecule has 0 aliphatic carbocycles. The zero-order valence-electron chi connectivity index (χ0n) is 15.6. The van der Waals surface area contributed by atoms with Crippen LogP contribution in [0.5, 0.6) is 5.75 Å².